The first-order chi connectivity index (χ1) is 12.1. The molecule has 1 heterocycles. The second-order valence-corrected chi connectivity index (χ2v) is 10.4. The van der Waals surface area contributed by atoms with Crippen molar-refractivity contribution in [1.29, 1.82) is 0 Å². The fourth-order valence-electron chi connectivity index (χ4n) is 2.46. The zero-order valence-electron chi connectivity index (χ0n) is 16.2. The lowest BCUT2D eigenvalue weighted by Gasteiger charge is -2.29. The molecule has 154 valence electrons. The lowest BCUT2D eigenvalue weighted by molar-refractivity contribution is -0.0792. The van der Waals surface area contributed by atoms with E-state index in [1.807, 2.05) is 0 Å². The van der Waals surface area contributed by atoms with E-state index < -0.39 is 45.6 Å². The minimum atomic E-state index is -3.34. The molecule has 0 radical (unpaired) electrons. The minimum Gasteiger partial charge on any atom is -0.382 e. The van der Waals surface area contributed by atoms with Gasteiger partial charge >= 0.3 is 15.2 Å². The summed E-state index contributed by atoms with van der Waals surface area (Å²) < 4.78 is 61.9. The molecule has 10 nitrogen and oxygen atoms in total. The van der Waals surface area contributed by atoms with Crippen molar-refractivity contribution in [3.63, 3.8) is 0 Å². The lowest BCUT2D eigenvalue weighted by atomic mass is 9.92. The van der Waals surface area contributed by atoms with E-state index in [-0.39, 0.29) is 19.8 Å². The highest BCUT2D eigenvalue weighted by Gasteiger charge is 2.48. The summed E-state index contributed by atoms with van der Waals surface area (Å²) in [5, 5.41) is 0. The maximum atomic E-state index is 12.3. The number of methoxy groups -OCH3 is 1. The average molecular weight is 417 g/mol. The van der Waals surface area contributed by atoms with Gasteiger partial charge in [0.05, 0.1) is 25.3 Å². The van der Waals surface area contributed by atoms with Gasteiger partial charge in [-0.25, -0.2) is 0 Å². The number of hydrogen-bond donors (Lipinski definition) is 1. The summed E-state index contributed by atoms with van der Waals surface area (Å²) in [7, 11) is -0.637. The molecule has 0 aromatic heterocycles. The summed E-state index contributed by atoms with van der Waals surface area (Å²) in [5.74, 6) is 0. The van der Waals surface area contributed by atoms with Crippen molar-refractivity contribution < 1.29 is 41.4 Å². The predicted molar refractivity (Wildman–Crippen MR) is 98.7 cm³/mol. The van der Waals surface area contributed by atoms with Crippen LogP contribution in [0.1, 0.15) is 0 Å². The van der Waals surface area contributed by atoms with Crippen LogP contribution in [0.4, 0.5) is 0 Å². The van der Waals surface area contributed by atoms with E-state index >= 15 is 0 Å². The van der Waals surface area contributed by atoms with E-state index in [0.29, 0.717) is 0 Å². The summed E-state index contributed by atoms with van der Waals surface area (Å²) in [4.78, 5) is 0. The second kappa shape index (κ2) is 10.7. The molecule has 0 saturated carbocycles. The molecule has 2 N–H and O–H groups in total. The summed E-state index contributed by atoms with van der Waals surface area (Å²) in [5.41, 5.74) is 5.71. The van der Waals surface area contributed by atoms with Gasteiger partial charge in [0.1, 0.15) is 26.2 Å². The van der Waals surface area contributed by atoms with Crippen LogP contribution in [0.15, 0.2) is 0 Å². The minimum absolute atomic E-state index is 0.0855. The Morgan fingerprint density at radius 3 is 2.23 bits per heavy atom. The predicted octanol–water partition coefficient (Wildman–Crippen LogP) is 0.0437. The van der Waals surface area contributed by atoms with Crippen LogP contribution < -0.4 is 5.73 Å². The zero-order chi connectivity index (χ0) is 20.0. The Labute approximate surface area is 155 Å². The van der Waals surface area contributed by atoms with Crippen molar-refractivity contribution in [3.05, 3.63) is 0 Å². The fraction of sp³-hybridized carbons (Fsp3) is 1.00. The highest BCUT2D eigenvalue weighted by Crippen LogP contribution is 2.48. The summed E-state index contributed by atoms with van der Waals surface area (Å²) in [6.45, 7) is 3.12. The molecule has 1 aliphatic heterocycles. The van der Waals surface area contributed by atoms with Gasteiger partial charge in [0, 0.05) is 41.2 Å². The van der Waals surface area contributed by atoms with E-state index in [1.165, 1.54) is 27.5 Å². The molecule has 0 aliphatic carbocycles. The van der Waals surface area contributed by atoms with E-state index in [4.69, 9.17) is 38.0 Å². The van der Waals surface area contributed by atoms with Crippen LogP contribution in [-0.4, -0.2) is 92.7 Å². The maximum absolute atomic E-state index is 12.3. The highest BCUT2D eigenvalue weighted by molar-refractivity contribution is 7.53. The van der Waals surface area contributed by atoms with Gasteiger partial charge in [-0.1, -0.05) is 0 Å². The third-order valence-corrected chi connectivity index (χ3v) is 6.53. The Hall–Kier alpha value is 0.205. The molecule has 1 saturated heterocycles. The standard InChI is InChI=1S/C13H30BNO9P2/c1-18-7-9(6-15)22-12-11(24-26(5,17)20-3)10(23-13(12)14)8-21-25(4,16)19-2/h9-13H,6-8,14-15H2,1-5H3/t9?,10-,11?,12+,13-,25?,26?/m1/s1. The Balaban J connectivity index is 2.95. The van der Waals surface area contributed by atoms with E-state index in [2.05, 4.69) is 0 Å². The molecule has 26 heavy (non-hydrogen) atoms. The number of rotatable bonds is 12. The number of ether oxygens (including phenoxy) is 3. The monoisotopic (exact) mass is 417 g/mol. The number of hydrogen-bond acceptors (Lipinski definition) is 10. The lowest BCUT2D eigenvalue weighted by Crippen LogP contribution is -2.43. The van der Waals surface area contributed by atoms with Gasteiger partial charge in [0.25, 0.3) is 0 Å². The first-order valence-corrected chi connectivity index (χ1v) is 12.2. The Kier molecular flexibility index (Phi) is 9.95. The van der Waals surface area contributed by atoms with Crippen molar-refractivity contribution in [2.24, 2.45) is 5.73 Å². The Morgan fingerprint density at radius 2 is 1.73 bits per heavy atom. The topological polar surface area (TPSA) is 125 Å². The van der Waals surface area contributed by atoms with Crippen molar-refractivity contribution in [2.45, 2.75) is 30.4 Å². The molecular weight excluding hydrogens is 387 g/mol. The molecule has 0 spiro atoms. The van der Waals surface area contributed by atoms with Crippen molar-refractivity contribution in [2.75, 3.05) is 54.4 Å². The highest BCUT2D eigenvalue weighted by atomic mass is 31.2. The molecular formula is C13H30BNO9P2. The van der Waals surface area contributed by atoms with Crippen LogP contribution in [0.2, 0.25) is 0 Å². The van der Waals surface area contributed by atoms with Gasteiger partial charge in [-0.15, -0.1) is 0 Å². The average Bonchev–Trinajstić information content (AvgIpc) is 2.87. The third-order valence-electron chi connectivity index (χ3n) is 3.96. The molecule has 1 fully saturated rings. The Morgan fingerprint density at radius 1 is 1.12 bits per heavy atom. The van der Waals surface area contributed by atoms with Gasteiger partial charge in [0.2, 0.25) is 0 Å². The van der Waals surface area contributed by atoms with Crippen molar-refractivity contribution >= 4 is 23.0 Å². The van der Waals surface area contributed by atoms with Gasteiger partial charge in [-0.3, -0.25) is 13.7 Å². The largest absolute Gasteiger partial charge is 0.382 e. The molecule has 13 heteroatoms. The van der Waals surface area contributed by atoms with Gasteiger partial charge in [-0.05, 0) is 0 Å². The van der Waals surface area contributed by atoms with Crippen LogP contribution in [0.5, 0.6) is 0 Å². The van der Waals surface area contributed by atoms with Crippen LogP contribution in [0, 0.1) is 0 Å². The van der Waals surface area contributed by atoms with E-state index in [1.54, 1.807) is 15.0 Å². The Bertz CT molecular complexity index is 526. The van der Waals surface area contributed by atoms with Gasteiger partial charge in [-0.2, -0.15) is 0 Å². The molecule has 4 unspecified atom stereocenters. The molecule has 0 amide bonds. The smallest absolute Gasteiger partial charge is 0.327 e. The van der Waals surface area contributed by atoms with Gasteiger partial charge < -0.3 is 33.5 Å². The fourth-order valence-corrected chi connectivity index (χ4v) is 3.76. The summed E-state index contributed by atoms with van der Waals surface area (Å²) in [6.07, 6.45) is -2.43. The quantitative estimate of drug-likeness (QED) is 0.344. The second-order valence-electron chi connectivity index (χ2n) is 6.07. The zero-order valence-corrected chi connectivity index (χ0v) is 17.9. The van der Waals surface area contributed by atoms with Crippen molar-refractivity contribution in [3.8, 4) is 0 Å². The molecule has 0 aromatic rings. The van der Waals surface area contributed by atoms with E-state index in [9.17, 15) is 9.13 Å². The van der Waals surface area contributed by atoms with Crippen molar-refractivity contribution in [1.82, 2.24) is 0 Å². The van der Waals surface area contributed by atoms with Crippen LogP contribution in [-0.2, 0) is 41.4 Å². The van der Waals surface area contributed by atoms with Crippen LogP contribution >= 0.6 is 15.2 Å². The summed E-state index contributed by atoms with van der Waals surface area (Å²) in [6, 6.07) is -0.407. The maximum Gasteiger partial charge on any atom is 0.327 e. The van der Waals surface area contributed by atoms with Crippen LogP contribution in [0.25, 0.3) is 0 Å². The van der Waals surface area contributed by atoms with Gasteiger partial charge in [0.15, 0.2) is 0 Å². The summed E-state index contributed by atoms with van der Waals surface area (Å²) >= 11 is 0. The molecule has 1 aliphatic rings. The first-order valence-electron chi connectivity index (χ1n) is 8.18. The normalized spacial score (nSPS) is 32.1. The SMILES string of the molecule is B[C@@H]1O[C@H](COP(C)(=O)OC)C(OP(C)(=O)OC)[C@@H]1OC(CN)COC. The number of nitrogens with two attached hydrogens (primary N) is 1. The molecule has 1 rings (SSSR count). The molecule has 7 atom stereocenters. The molecule has 0 bridgehead atoms. The van der Waals surface area contributed by atoms with Crippen LogP contribution in [0.3, 0.4) is 0 Å². The first kappa shape index (κ1) is 24.2. The molecule has 0 aromatic carbocycles. The van der Waals surface area contributed by atoms with E-state index in [0.717, 1.165) is 0 Å². The third kappa shape index (κ3) is 7.32.